The van der Waals surface area contributed by atoms with Crippen molar-refractivity contribution >= 4 is 15.9 Å². The van der Waals surface area contributed by atoms with Gasteiger partial charge in [-0.15, -0.1) is 0 Å². The van der Waals surface area contributed by atoms with Crippen LogP contribution < -0.4 is 0 Å². The second-order valence-electron chi connectivity index (χ2n) is 5.82. The average Bonchev–Trinajstić information content (AvgIpc) is 3.04. The van der Waals surface area contributed by atoms with Gasteiger partial charge >= 0.3 is 0 Å². The summed E-state index contributed by atoms with van der Waals surface area (Å²) >= 11 is 0. The molecule has 22 heavy (non-hydrogen) atoms. The standard InChI is InChI=1S/C13H20N4O4S/c1-3-17-12(18)8-13(21-17)4-6-16(7-5-13)22(19,20)11-9-15(2)10-14-11/h9-10H,3-8H2,1-2H3. The van der Waals surface area contributed by atoms with Crippen molar-refractivity contribution in [3.8, 4) is 0 Å². The fourth-order valence-corrected chi connectivity index (χ4v) is 4.39. The molecule has 1 aromatic heterocycles. The van der Waals surface area contributed by atoms with Gasteiger partial charge < -0.3 is 4.57 Å². The first kappa shape index (κ1) is 15.4. The van der Waals surface area contributed by atoms with Crippen LogP contribution in [0.2, 0.25) is 0 Å². The number of nitrogens with zero attached hydrogens (tertiary/aromatic N) is 4. The number of rotatable bonds is 3. The van der Waals surface area contributed by atoms with Gasteiger partial charge in [-0.1, -0.05) is 0 Å². The molecule has 3 rings (SSSR count). The highest BCUT2D eigenvalue weighted by molar-refractivity contribution is 7.89. The van der Waals surface area contributed by atoms with E-state index in [1.54, 1.807) is 11.6 Å². The molecule has 0 bridgehead atoms. The van der Waals surface area contributed by atoms with Crippen LogP contribution in [0, 0.1) is 0 Å². The van der Waals surface area contributed by atoms with Crippen molar-refractivity contribution in [3.63, 3.8) is 0 Å². The van der Waals surface area contributed by atoms with E-state index in [-0.39, 0.29) is 10.9 Å². The molecule has 2 aliphatic rings. The number of hydrogen-bond acceptors (Lipinski definition) is 5. The maximum atomic E-state index is 12.5. The Morgan fingerprint density at radius 2 is 2.05 bits per heavy atom. The molecule has 1 spiro atoms. The Morgan fingerprint density at radius 1 is 1.36 bits per heavy atom. The molecule has 2 fully saturated rings. The highest BCUT2D eigenvalue weighted by atomic mass is 32.2. The summed E-state index contributed by atoms with van der Waals surface area (Å²) < 4.78 is 28.1. The zero-order valence-electron chi connectivity index (χ0n) is 12.7. The summed E-state index contributed by atoms with van der Waals surface area (Å²) in [6.07, 6.45) is 4.32. The minimum atomic E-state index is -3.57. The van der Waals surface area contributed by atoms with Gasteiger partial charge in [-0.25, -0.2) is 18.5 Å². The first-order chi connectivity index (χ1) is 10.4. The Balaban J connectivity index is 1.71. The van der Waals surface area contributed by atoms with E-state index in [1.165, 1.54) is 21.9 Å². The van der Waals surface area contributed by atoms with Crippen LogP contribution in [0.3, 0.4) is 0 Å². The molecular formula is C13H20N4O4S. The van der Waals surface area contributed by atoms with E-state index in [0.717, 1.165) is 0 Å². The van der Waals surface area contributed by atoms with Crippen LogP contribution in [-0.4, -0.2) is 58.5 Å². The molecule has 0 radical (unpaired) electrons. The number of aryl methyl sites for hydroxylation is 1. The molecule has 2 aliphatic heterocycles. The van der Waals surface area contributed by atoms with E-state index in [1.807, 2.05) is 6.92 Å². The Morgan fingerprint density at radius 3 is 2.55 bits per heavy atom. The average molecular weight is 328 g/mol. The van der Waals surface area contributed by atoms with Gasteiger partial charge in [0.1, 0.15) is 5.60 Å². The SMILES string of the molecule is CCN1OC2(CCN(S(=O)(=O)c3cn(C)cn3)CC2)CC1=O. The van der Waals surface area contributed by atoms with Crippen molar-refractivity contribution in [1.82, 2.24) is 18.9 Å². The van der Waals surface area contributed by atoms with E-state index < -0.39 is 15.6 Å². The van der Waals surface area contributed by atoms with Crippen molar-refractivity contribution in [2.24, 2.45) is 7.05 Å². The molecular weight excluding hydrogens is 308 g/mol. The summed E-state index contributed by atoms with van der Waals surface area (Å²) in [5.41, 5.74) is -0.538. The lowest BCUT2D eigenvalue weighted by Crippen LogP contribution is -2.47. The van der Waals surface area contributed by atoms with Crippen LogP contribution in [0.5, 0.6) is 0 Å². The second kappa shape index (κ2) is 5.32. The van der Waals surface area contributed by atoms with Crippen molar-refractivity contribution < 1.29 is 18.0 Å². The molecule has 0 saturated carbocycles. The fourth-order valence-electron chi connectivity index (χ4n) is 2.98. The third kappa shape index (κ3) is 2.53. The van der Waals surface area contributed by atoms with Gasteiger partial charge in [0.25, 0.3) is 10.0 Å². The van der Waals surface area contributed by atoms with Gasteiger partial charge in [-0.3, -0.25) is 9.63 Å². The zero-order valence-corrected chi connectivity index (χ0v) is 13.5. The second-order valence-corrected chi connectivity index (χ2v) is 7.71. The van der Waals surface area contributed by atoms with E-state index in [9.17, 15) is 13.2 Å². The van der Waals surface area contributed by atoms with Crippen LogP contribution in [0.1, 0.15) is 26.2 Å². The maximum absolute atomic E-state index is 12.5. The Kier molecular flexibility index (Phi) is 3.74. The lowest BCUT2D eigenvalue weighted by Gasteiger charge is -2.36. The number of sulfonamides is 1. The van der Waals surface area contributed by atoms with E-state index in [2.05, 4.69) is 4.98 Å². The van der Waals surface area contributed by atoms with Crippen LogP contribution in [-0.2, 0) is 26.7 Å². The first-order valence-electron chi connectivity index (χ1n) is 7.34. The summed E-state index contributed by atoms with van der Waals surface area (Å²) in [6, 6.07) is 0. The van der Waals surface area contributed by atoms with Crippen molar-refractivity contribution in [2.45, 2.75) is 36.8 Å². The molecule has 0 aromatic carbocycles. The smallest absolute Gasteiger partial charge is 0.262 e. The largest absolute Gasteiger partial charge is 0.339 e. The summed E-state index contributed by atoms with van der Waals surface area (Å²) in [5.74, 6) is -0.0245. The lowest BCUT2D eigenvalue weighted by molar-refractivity contribution is -0.206. The monoisotopic (exact) mass is 328 g/mol. The number of hydroxylamine groups is 2. The summed E-state index contributed by atoms with van der Waals surface area (Å²) in [4.78, 5) is 21.5. The van der Waals surface area contributed by atoms with Crippen molar-refractivity contribution in [1.29, 1.82) is 0 Å². The quantitative estimate of drug-likeness (QED) is 0.787. The number of carbonyl (C=O) groups is 1. The Bertz CT molecular complexity index is 676. The predicted molar refractivity (Wildman–Crippen MR) is 77.0 cm³/mol. The summed E-state index contributed by atoms with van der Waals surface area (Å²) in [7, 11) is -1.84. The molecule has 1 aromatic rings. The summed E-state index contributed by atoms with van der Waals surface area (Å²) in [5, 5.41) is 1.44. The fraction of sp³-hybridized carbons (Fsp3) is 0.692. The molecule has 1 amide bonds. The van der Waals surface area contributed by atoms with Crippen LogP contribution in [0.15, 0.2) is 17.6 Å². The number of amides is 1. The first-order valence-corrected chi connectivity index (χ1v) is 8.78. The minimum Gasteiger partial charge on any atom is -0.339 e. The van der Waals surface area contributed by atoms with Gasteiger partial charge in [0.2, 0.25) is 5.91 Å². The predicted octanol–water partition coefficient (Wildman–Crippen LogP) is 0.127. The number of imidazole rings is 1. The van der Waals surface area contributed by atoms with Crippen LogP contribution >= 0.6 is 0 Å². The summed E-state index contributed by atoms with van der Waals surface area (Å²) in [6.45, 7) is 3.04. The topological polar surface area (TPSA) is 84.7 Å². The van der Waals surface area contributed by atoms with Gasteiger partial charge in [0, 0.05) is 32.9 Å². The molecule has 122 valence electrons. The molecule has 0 atom stereocenters. The Labute approximate surface area is 129 Å². The number of carbonyl (C=O) groups excluding carboxylic acids is 1. The highest BCUT2D eigenvalue weighted by Gasteiger charge is 2.48. The van der Waals surface area contributed by atoms with Crippen LogP contribution in [0.25, 0.3) is 0 Å². The van der Waals surface area contributed by atoms with Gasteiger partial charge in [0.15, 0.2) is 5.03 Å². The normalized spacial score (nSPS) is 22.6. The molecule has 3 heterocycles. The number of hydrogen-bond donors (Lipinski definition) is 0. The van der Waals surface area contributed by atoms with Crippen molar-refractivity contribution in [2.75, 3.05) is 19.6 Å². The zero-order chi connectivity index (χ0) is 16.0. The van der Waals surface area contributed by atoms with Gasteiger partial charge in [-0.05, 0) is 19.8 Å². The van der Waals surface area contributed by atoms with Crippen LogP contribution in [0.4, 0.5) is 0 Å². The third-order valence-electron chi connectivity index (χ3n) is 4.26. The Hall–Kier alpha value is -1.45. The van der Waals surface area contributed by atoms with Gasteiger partial charge in [0.05, 0.1) is 12.7 Å². The lowest BCUT2D eigenvalue weighted by atomic mass is 9.89. The van der Waals surface area contributed by atoms with E-state index in [0.29, 0.717) is 38.9 Å². The molecule has 2 saturated heterocycles. The number of aromatic nitrogens is 2. The molecule has 9 heteroatoms. The molecule has 8 nitrogen and oxygen atoms in total. The minimum absolute atomic E-state index is 0.0245. The van der Waals surface area contributed by atoms with E-state index in [4.69, 9.17) is 4.84 Å². The highest BCUT2D eigenvalue weighted by Crippen LogP contribution is 2.37. The molecule has 0 N–H and O–H groups in total. The third-order valence-corrected chi connectivity index (χ3v) is 6.05. The van der Waals surface area contributed by atoms with Gasteiger partial charge in [-0.2, -0.15) is 4.31 Å². The maximum Gasteiger partial charge on any atom is 0.262 e. The van der Waals surface area contributed by atoms with Crippen molar-refractivity contribution in [3.05, 3.63) is 12.5 Å². The molecule has 0 aliphatic carbocycles. The molecule has 0 unspecified atom stereocenters. The van der Waals surface area contributed by atoms with E-state index >= 15 is 0 Å². The number of piperidine rings is 1.